The average Bonchev–Trinajstić information content (AvgIpc) is 2.74. The Balaban J connectivity index is 1.60. The molecule has 156 valence electrons. The highest BCUT2D eigenvalue weighted by Crippen LogP contribution is 2.53. The minimum Gasteiger partial charge on any atom is -0.294 e. The van der Waals surface area contributed by atoms with Gasteiger partial charge < -0.3 is 0 Å². The summed E-state index contributed by atoms with van der Waals surface area (Å²) in [6.45, 7) is 12.9. The van der Waals surface area contributed by atoms with Crippen molar-refractivity contribution in [3.63, 3.8) is 0 Å². The highest BCUT2D eigenvalue weighted by atomic mass is 16.1. The maximum absolute atomic E-state index is 13.2. The van der Waals surface area contributed by atoms with Crippen LogP contribution >= 0.6 is 0 Å². The fourth-order valence-corrected chi connectivity index (χ4v) is 7.12. The SMILES string of the molecule is C=CC1=CCC2CC3Cc4c(C5CCCCC5)ccc(C)c4C(=C)C3=C(C)C2C1=O. The molecular weight excluding hydrogens is 364 g/mol. The Bertz CT molecular complexity index is 995. The third kappa shape index (κ3) is 2.93. The Morgan fingerprint density at radius 3 is 2.57 bits per heavy atom. The number of hydrogen-bond donors (Lipinski definition) is 0. The molecule has 1 saturated carbocycles. The van der Waals surface area contributed by atoms with Crippen molar-refractivity contribution in [2.75, 3.05) is 0 Å². The number of ketones is 1. The first kappa shape index (κ1) is 19.8. The second-order valence-electron chi connectivity index (χ2n) is 10.1. The zero-order chi connectivity index (χ0) is 21.0. The lowest BCUT2D eigenvalue weighted by atomic mass is 9.59. The first-order valence-electron chi connectivity index (χ1n) is 11.9. The normalized spacial score (nSPS) is 29.1. The second-order valence-corrected chi connectivity index (χ2v) is 10.1. The molecule has 0 aliphatic heterocycles. The summed E-state index contributed by atoms with van der Waals surface area (Å²) in [6.07, 6.45) is 13.9. The van der Waals surface area contributed by atoms with Crippen LogP contribution in [0.1, 0.15) is 80.0 Å². The summed E-state index contributed by atoms with van der Waals surface area (Å²) in [5.74, 6) is 1.97. The van der Waals surface area contributed by atoms with E-state index in [1.165, 1.54) is 60.0 Å². The van der Waals surface area contributed by atoms with Gasteiger partial charge in [-0.3, -0.25) is 4.79 Å². The molecule has 0 heterocycles. The zero-order valence-corrected chi connectivity index (χ0v) is 18.6. The van der Waals surface area contributed by atoms with Crippen molar-refractivity contribution < 1.29 is 4.79 Å². The van der Waals surface area contributed by atoms with Crippen molar-refractivity contribution >= 4 is 11.4 Å². The first-order chi connectivity index (χ1) is 14.5. The van der Waals surface area contributed by atoms with Gasteiger partial charge in [-0.2, -0.15) is 0 Å². The molecule has 5 rings (SSSR count). The van der Waals surface area contributed by atoms with E-state index in [-0.39, 0.29) is 11.7 Å². The van der Waals surface area contributed by atoms with Gasteiger partial charge in [0.15, 0.2) is 5.78 Å². The Morgan fingerprint density at radius 1 is 1.07 bits per heavy atom. The number of hydrogen-bond acceptors (Lipinski definition) is 1. The smallest absolute Gasteiger partial charge is 0.169 e. The van der Waals surface area contributed by atoms with E-state index in [1.54, 1.807) is 17.2 Å². The molecule has 0 spiro atoms. The molecule has 3 atom stereocenters. The molecule has 4 aliphatic carbocycles. The van der Waals surface area contributed by atoms with E-state index in [1.807, 2.05) is 0 Å². The molecule has 0 amide bonds. The number of rotatable bonds is 2. The number of fused-ring (bicyclic) bond motifs is 3. The number of carbonyl (C=O) groups is 1. The Kier molecular flexibility index (Phi) is 4.96. The molecule has 1 fully saturated rings. The fraction of sp³-hybridized carbons (Fsp3) is 0.483. The van der Waals surface area contributed by atoms with Crippen LogP contribution in [0, 0.1) is 24.7 Å². The summed E-state index contributed by atoms with van der Waals surface area (Å²) in [5, 5.41) is 0. The molecule has 30 heavy (non-hydrogen) atoms. The molecular formula is C29H34O. The summed E-state index contributed by atoms with van der Waals surface area (Å²) in [7, 11) is 0. The van der Waals surface area contributed by atoms with Crippen molar-refractivity contribution in [3.8, 4) is 0 Å². The van der Waals surface area contributed by atoms with Gasteiger partial charge in [0.25, 0.3) is 0 Å². The van der Waals surface area contributed by atoms with E-state index in [2.05, 4.69) is 45.2 Å². The van der Waals surface area contributed by atoms with Gasteiger partial charge in [0.2, 0.25) is 0 Å². The lowest BCUT2D eigenvalue weighted by Crippen LogP contribution is -2.37. The predicted octanol–water partition coefficient (Wildman–Crippen LogP) is 7.27. The number of aryl methyl sites for hydroxylation is 1. The highest BCUT2D eigenvalue weighted by Gasteiger charge is 2.44. The summed E-state index contributed by atoms with van der Waals surface area (Å²) in [6, 6.07) is 4.74. The Labute approximate surface area is 181 Å². The Hall–Kier alpha value is -2.15. The number of Topliss-reactive ketones (excluding diaryl/α,β-unsaturated/α-hetero) is 1. The molecule has 3 unspecified atom stereocenters. The number of allylic oxidation sites excluding steroid dienone is 6. The van der Waals surface area contributed by atoms with Crippen LogP contribution in [0.5, 0.6) is 0 Å². The molecule has 0 radical (unpaired) electrons. The largest absolute Gasteiger partial charge is 0.294 e. The highest BCUT2D eigenvalue weighted by molar-refractivity contribution is 6.03. The van der Waals surface area contributed by atoms with Crippen LogP contribution in [0.4, 0.5) is 0 Å². The molecule has 1 aromatic carbocycles. The van der Waals surface area contributed by atoms with Gasteiger partial charge in [0.05, 0.1) is 0 Å². The van der Waals surface area contributed by atoms with Crippen molar-refractivity contribution in [2.24, 2.45) is 17.8 Å². The number of benzene rings is 1. The van der Waals surface area contributed by atoms with Crippen molar-refractivity contribution in [1.29, 1.82) is 0 Å². The number of carbonyl (C=O) groups excluding carboxylic acids is 1. The molecule has 0 aromatic heterocycles. The van der Waals surface area contributed by atoms with Crippen LogP contribution < -0.4 is 0 Å². The van der Waals surface area contributed by atoms with Gasteiger partial charge in [0.1, 0.15) is 0 Å². The quantitative estimate of drug-likeness (QED) is 0.512. The molecule has 0 N–H and O–H groups in total. The monoisotopic (exact) mass is 398 g/mol. The van der Waals surface area contributed by atoms with E-state index in [0.717, 1.165) is 30.8 Å². The molecule has 1 aromatic rings. The van der Waals surface area contributed by atoms with Gasteiger partial charge in [-0.05, 0) is 97.1 Å². The predicted molar refractivity (Wildman–Crippen MR) is 125 cm³/mol. The molecule has 4 aliphatic rings. The van der Waals surface area contributed by atoms with Gasteiger partial charge in [-0.25, -0.2) is 0 Å². The third-order valence-corrected chi connectivity index (χ3v) is 8.47. The average molecular weight is 399 g/mol. The topological polar surface area (TPSA) is 17.1 Å². The van der Waals surface area contributed by atoms with E-state index < -0.39 is 0 Å². The third-order valence-electron chi connectivity index (χ3n) is 8.47. The Morgan fingerprint density at radius 2 is 1.83 bits per heavy atom. The van der Waals surface area contributed by atoms with Gasteiger partial charge in [-0.1, -0.05) is 62.3 Å². The van der Waals surface area contributed by atoms with Crippen LogP contribution in [0.15, 0.2) is 54.2 Å². The van der Waals surface area contributed by atoms with Gasteiger partial charge in [0, 0.05) is 11.5 Å². The molecule has 1 nitrogen and oxygen atoms in total. The summed E-state index contributed by atoms with van der Waals surface area (Å²) >= 11 is 0. The van der Waals surface area contributed by atoms with E-state index >= 15 is 0 Å². The van der Waals surface area contributed by atoms with Crippen LogP contribution in [0.3, 0.4) is 0 Å². The second kappa shape index (κ2) is 7.52. The minimum absolute atomic E-state index is 0.0226. The lowest BCUT2D eigenvalue weighted by molar-refractivity contribution is -0.120. The summed E-state index contributed by atoms with van der Waals surface area (Å²) < 4.78 is 0. The zero-order valence-electron chi connectivity index (χ0n) is 18.6. The first-order valence-corrected chi connectivity index (χ1v) is 11.9. The maximum atomic E-state index is 13.2. The summed E-state index contributed by atoms with van der Waals surface area (Å²) in [4.78, 5) is 13.2. The van der Waals surface area contributed by atoms with Gasteiger partial charge >= 0.3 is 0 Å². The standard InChI is InChI=1S/C29H34O/c1-5-20-12-13-22-15-23-16-25-24(21-9-7-6-8-10-21)14-11-17(2)26(25)18(3)27(23)19(4)28(22)29(20)30/h5,11-12,14,21-23,28H,1,3,6-10,13,15-16H2,2,4H3. The van der Waals surface area contributed by atoms with Crippen molar-refractivity contribution in [2.45, 2.75) is 71.1 Å². The van der Waals surface area contributed by atoms with Crippen LogP contribution in [0.2, 0.25) is 0 Å². The van der Waals surface area contributed by atoms with Crippen molar-refractivity contribution in [3.05, 3.63) is 76.4 Å². The van der Waals surface area contributed by atoms with E-state index in [0.29, 0.717) is 11.8 Å². The maximum Gasteiger partial charge on any atom is 0.169 e. The minimum atomic E-state index is 0.0226. The van der Waals surface area contributed by atoms with Crippen LogP contribution in [-0.2, 0) is 11.2 Å². The molecule has 0 saturated heterocycles. The van der Waals surface area contributed by atoms with Crippen molar-refractivity contribution in [1.82, 2.24) is 0 Å². The van der Waals surface area contributed by atoms with Crippen LogP contribution in [-0.4, -0.2) is 5.78 Å². The van der Waals surface area contributed by atoms with E-state index in [4.69, 9.17) is 0 Å². The molecule has 1 heteroatoms. The summed E-state index contributed by atoms with van der Waals surface area (Å²) in [5.41, 5.74) is 10.6. The van der Waals surface area contributed by atoms with Gasteiger partial charge in [-0.15, -0.1) is 0 Å². The van der Waals surface area contributed by atoms with E-state index in [9.17, 15) is 4.79 Å². The van der Waals surface area contributed by atoms with Crippen LogP contribution in [0.25, 0.3) is 5.57 Å². The fourth-order valence-electron chi connectivity index (χ4n) is 7.12. The lowest BCUT2D eigenvalue weighted by Gasteiger charge is -2.44. The molecule has 0 bridgehead atoms.